The Morgan fingerprint density at radius 3 is 2.20 bits per heavy atom. The summed E-state index contributed by atoms with van der Waals surface area (Å²) in [5.41, 5.74) is 2.83. The van der Waals surface area contributed by atoms with Gasteiger partial charge in [-0.1, -0.05) is 6.07 Å². The Bertz CT molecular complexity index is 988. The second-order valence-corrected chi connectivity index (χ2v) is 6.16. The number of hydrogen-bond donors (Lipinski definition) is 2. The highest BCUT2D eigenvalue weighted by atomic mass is 19.1. The Hall–Kier alpha value is -3.65. The lowest BCUT2D eigenvalue weighted by atomic mass is 10.0. The Morgan fingerprint density at radius 2 is 1.67 bits per heavy atom. The first kappa shape index (κ1) is 22.6. The number of halogens is 1. The third-order valence-electron chi connectivity index (χ3n) is 4.21. The normalized spacial score (nSPS) is 11.3. The number of methoxy groups -OCH3 is 3. The maximum atomic E-state index is 14.0. The van der Waals surface area contributed by atoms with Crippen LogP contribution in [0.1, 0.15) is 28.4 Å². The molecule has 0 saturated heterocycles. The van der Waals surface area contributed by atoms with Gasteiger partial charge in [-0.25, -0.2) is 9.87 Å². The lowest BCUT2D eigenvalue weighted by Gasteiger charge is -2.14. The molecule has 8 heteroatoms. The third kappa shape index (κ3) is 5.24. The van der Waals surface area contributed by atoms with Gasteiger partial charge in [-0.3, -0.25) is 14.8 Å². The van der Waals surface area contributed by atoms with Gasteiger partial charge in [0.2, 0.25) is 5.75 Å². The molecule has 0 saturated carbocycles. The van der Waals surface area contributed by atoms with Gasteiger partial charge in [-0.15, -0.1) is 0 Å². The van der Waals surface area contributed by atoms with E-state index in [1.54, 1.807) is 25.1 Å². The topological polar surface area (TPSA) is 94.1 Å². The number of ketones is 1. The van der Waals surface area contributed by atoms with E-state index in [1.807, 2.05) is 0 Å². The zero-order valence-electron chi connectivity index (χ0n) is 17.0. The summed E-state index contributed by atoms with van der Waals surface area (Å²) in [5.74, 6) is -0.545. The average molecular weight is 415 g/mol. The molecule has 0 aliphatic rings. The minimum atomic E-state index is -0.788. The van der Waals surface area contributed by atoms with Crippen LogP contribution >= 0.6 is 0 Å². The molecule has 0 heterocycles. The molecule has 0 radical (unpaired) electrons. The molecule has 1 amide bonds. The molecular formula is C22H22FNO6. The Morgan fingerprint density at radius 1 is 1.03 bits per heavy atom. The summed E-state index contributed by atoms with van der Waals surface area (Å²) >= 11 is 0. The van der Waals surface area contributed by atoms with Gasteiger partial charge >= 0.3 is 0 Å². The molecule has 0 bridgehead atoms. The second kappa shape index (κ2) is 10.2. The van der Waals surface area contributed by atoms with Gasteiger partial charge in [-0.05, 0) is 54.5 Å². The van der Waals surface area contributed by atoms with E-state index < -0.39 is 11.7 Å². The number of hydroxylamine groups is 1. The van der Waals surface area contributed by atoms with Gasteiger partial charge < -0.3 is 14.2 Å². The molecular weight excluding hydrogens is 393 g/mol. The highest BCUT2D eigenvalue weighted by molar-refractivity contribution is 6.11. The van der Waals surface area contributed by atoms with Gasteiger partial charge in [0.1, 0.15) is 5.82 Å². The van der Waals surface area contributed by atoms with E-state index in [-0.39, 0.29) is 11.3 Å². The van der Waals surface area contributed by atoms with Crippen LogP contribution < -0.4 is 19.7 Å². The lowest BCUT2D eigenvalue weighted by molar-refractivity contribution is -0.124. The van der Waals surface area contributed by atoms with Crippen LogP contribution in [0.25, 0.3) is 12.2 Å². The minimum absolute atomic E-state index is 0.125. The number of ether oxygens (including phenoxy) is 3. The quantitative estimate of drug-likeness (QED) is 0.296. The molecule has 0 aliphatic carbocycles. The first-order valence-electron chi connectivity index (χ1n) is 8.79. The number of carbonyl (C=O) groups excluding carboxylic acids is 2. The largest absolute Gasteiger partial charge is 0.493 e. The fraction of sp³-hybridized carbons (Fsp3) is 0.182. The van der Waals surface area contributed by atoms with Crippen molar-refractivity contribution in [3.8, 4) is 17.2 Å². The number of rotatable bonds is 8. The molecule has 2 rings (SSSR count). The van der Waals surface area contributed by atoms with Crippen molar-refractivity contribution < 1.29 is 33.4 Å². The van der Waals surface area contributed by atoms with Crippen molar-refractivity contribution in [2.75, 3.05) is 21.3 Å². The van der Waals surface area contributed by atoms with Crippen LogP contribution in [0.3, 0.4) is 0 Å². The number of nitrogens with one attached hydrogen (secondary N) is 1. The highest BCUT2D eigenvalue weighted by Crippen LogP contribution is 2.38. The minimum Gasteiger partial charge on any atom is -0.493 e. The summed E-state index contributed by atoms with van der Waals surface area (Å²) in [4.78, 5) is 24.0. The van der Waals surface area contributed by atoms with Crippen molar-refractivity contribution in [1.82, 2.24) is 5.48 Å². The van der Waals surface area contributed by atoms with E-state index >= 15 is 0 Å². The van der Waals surface area contributed by atoms with Crippen molar-refractivity contribution in [1.29, 1.82) is 0 Å². The van der Waals surface area contributed by atoms with E-state index in [9.17, 15) is 14.0 Å². The molecule has 0 spiro atoms. The van der Waals surface area contributed by atoms with Gasteiger partial charge in [-0.2, -0.15) is 0 Å². The second-order valence-electron chi connectivity index (χ2n) is 6.16. The zero-order chi connectivity index (χ0) is 22.3. The summed E-state index contributed by atoms with van der Waals surface area (Å²) < 4.78 is 29.8. The van der Waals surface area contributed by atoms with E-state index in [4.69, 9.17) is 19.4 Å². The lowest BCUT2D eigenvalue weighted by Crippen LogP contribution is -2.14. The van der Waals surface area contributed by atoms with Crippen LogP contribution in [0.5, 0.6) is 17.2 Å². The smallest absolute Gasteiger partial charge is 0.267 e. The number of Topliss-reactive ketones (excluding diaryl/α,β-unsaturated/α-hetero) is 1. The molecule has 158 valence electrons. The summed E-state index contributed by atoms with van der Waals surface area (Å²) in [7, 11) is 4.38. The predicted molar refractivity (Wildman–Crippen MR) is 109 cm³/mol. The average Bonchev–Trinajstić information content (AvgIpc) is 2.77. The van der Waals surface area contributed by atoms with E-state index in [2.05, 4.69) is 0 Å². The van der Waals surface area contributed by atoms with Crippen molar-refractivity contribution >= 4 is 23.8 Å². The van der Waals surface area contributed by atoms with Crippen molar-refractivity contribution in [3.63, 3.8) is 0 Å². The van der Waals surface area contributed by atoms with Crippen molar-refractivity contribution in [3.05, 3.63) is 64.5 Å². The van der Waals surface area contributed by atoms with Crippen LogP contribution in [0, 0.1) is 5.82 Å². The molecule has 0 fully saturated rings. The highest BCUT2D eigenvalue weighted by Gasteiger charge is 2.18. The van der Waals surface area contributed by atoms with Gasteiger partial charge in [0.25, 0.3) is 5.91 Å². The van der Waals surface area contributed by atoms with Gasteiger partial charge in [0.05, 0.1) is 21.3 Å². The SMILES string of the molecule is COc1cc(C(=O)/C(C)=C/c2ccc(F)c(/C=C/C(=O)NO)c2)cc(OC)c1OC. The molecule has 30 heavy (non-hydrogen) atoms. The summed E-state index contributed by atoms with van der Waals surface area (Å²) in [5, 5.41) is 8.52. The Labute approximate surface area is 173 Å². The van der Waals surface area contributed by atoms with E-state index in [0.29, 0.717) is 33.9 Å². The number of hydrogen-bond acceptors (Lipinski definition) is 6. The molecule has 0 atom stereocenters. The van der Waals surface area contributed by atoms with E-state index in [1.165, 1.54) is 51.1 Å². The molecule has 2 aromatic rings. The standard InChI is InChI=1S/C22H22FNO6/c1-13(9-14-5-7-17(23)15(10-14)6-8-20(25)24-27)21(26)16-11-18(28-2)22(30-4)19(12-16)29-3/h5-12,27H,1-4H3,(H,24,25)/b8-6+,13-9+. The molecule has 7 nitrogen and oxygen atoms in total. The number of allylic oxidation sites excluding steroid dienone is 1. The van der Waals surface area contributed by atoms with Crippen LogP contribution in [0.4, 0.5) is 4.39 Å². The first-order valence-corrected chi connectivity index (χ1v) is 8.79. The molecule has 2 aromatic carbocycles. The predicted octanol–water partition coefficient (Wildman–Crippen LogP) is 3.66. The Balaban J connectivity index is 2.39. The molecule has 0 aliphatic heterocycles. The van der Waals surface area contributed by atoms with Crippen LogP contribution in [-0.4, -0.2) is 38.2 Å². The number of amides is 1. The van der Waals surface area contributed by atoms with Crippen LogP contribution in [0.15, 0.2) is 42.0 Å². The summed E-state index contributed by atoms with van der Waals surface area (Å²) in [6.07, 6.45) is 3.79. The molecule has 2 N–H and O–H groups in total. The van der Waals surface area contributed by atoms with Crippen LogP contribution in [0.2, 0.25) is 0 Å². The Kier molecular flexibility index (Phi) is 7.71. The fourth-order valence-electron chi connectivity index (χ4n) is 2.74. The third-order valence-corrected chi connectivity index (χ3v) is 4.21. The first-order chi connectivity index (χ1) is 14.3. The maximum Gasteiger partial charge on any atom is 0.267 e. The monoisotopic (exact) mass is 415 g/mol. The number of benzene rings is 2. The molecule has 0 aromatic heterocycles. The van der Waals surface area contributed by atoms with Crippen molar-refractivity contribution in [2.24, 2.45) is 0 Å². The van der Waals surface area contributed by atoms with Crippen LogP contribution in [-0.2, 0) is 4.79 Å². The fourth-order valence-corrected chi connectivity index (χ4v) is 2.74. The summed E-state index contributed by atoms with van der Waals surface area (Å²) in [6.45, 7) is 1.63. The molecule has 0 unspecified atom stereocenters. The van der Waals surface area contributed by atoms with Gasteiger partial charge in [0, 0.05) is 17.2 Å². The van der Waals surface area contributed by atoms with Crippen molar-refractivity contribution in [2.45, 2.75) is 6.92 Å². The zero-order valence-corrected chi connectivity index (χ0v) is 17.0. The maximum absolute atomic E-state index is 14.0. The number of carbonyl (C=O) groups is 2. The van der Waals surface area contributed by atoms with Gasteiger partial charge in [0.15, 0.2) is 17.3 Å². The summed E-state index contributed by atoms with van der Waals surface area (Å²) in [6, 6.07) is 7.30. The van der Waals surface area contributed by atoms with E-state index in [0.717, 1.165) is 6.08 Å².